The van der Waals surface area contributed by atoms with Crippen LogP contribution in [0, 0.1) is 0 Å². The molecule has 14 heavy (non-hydrogen) atoms. The molecule has 0 saturated carbocycles. The first kappa shape index (κ1) is 10.2. The van der Waals surface area contributed by atoms with Gasteiger partial charge >= 0.3 is 0 Å². The first-order chi connectivity index (χ1) is 6.76. The highest BCUT2D eigenvalue weighted by molar-refractivity contribution is 8.20. The van der Waals surface area contributed by atoms with E-state index >= 15 is 0 Å². The van der Waals surface area contributed by atoms with Gasteiger partial charge in [0.15, 0.2) is 0 Å². The SMILES string of the molecule is COc1ccccc1C1(C)SCCS1. The summed E-state index contributed by atoms with van der Waals surface area (Å²) in [6, 6.07) is 8.32. The molecule has 1 heterocycles. The molecular formula is C11H14OS2. The highest BCUT2D eigenvalue weighted by atomic mass is 32.2. The van der Waals surface area contributed by atoms with E-state index in [9.17, 15) is 0 Å². The van der Waals surface area contributed by atoms with Crippen molar-refractivity contribution in [2.24, 2.45) is 0 Å². The maximum absolute atomic E-state index is 5.40. The molecule has 2 rings (SSSR count). The number of para-hydroxylation sites is 1. The van der Waals surface area contributed by atoms with E-state index in [4.69, 9.17) is 4.74 Å². The minimum atomic E-state index is 0.187. The van der Waals surface area contributed by atoms with Gasteiger partial charge in [-0.1, -0.05) is 18.2 Å². The Hall–Kier alpha value is -0.280. The van der Waals surface area contributed by atoms with Crippen LogP contribution in [0.4, 0.5) is 0 Å². The predicted octanol–water partition coefficient (Wildman–Crippen LogP) is 3.35. The van der Waals surface area contributed by atoms with E-state index in [1.807, 2.05) is 35.7 Å². The molecule has 3 heteroatoms. The lowest BCUT2D eigenvalue weighted by atomic mass is 10.1. The molecule has 0 aliphatic carbocycles. The molecule has 0 aromatic heterocycles. The van der Waals surface area contributed by atoms with E-state index in [-0.39, 0.29) is 4.08 Å². The second kappa shape index (κ2) is 4.07. The summed E-state index contributed by atoms with van der Waals surface area (Å²) >= 11 is 4.02. The molecule has 1 fully saturated rings. The molecule has 1 aliphatic heterocycles. The van der Waals surface area contributed by atoms with Crippen molar-refractivity contribution in [3.8, 4) is 5.75 Å². The Balaban J connectivity index is 2.39. The van der Waals surface area contributed by atoms with Crippen LogP contribution >= 0.6 is 23.5 Å². The lowest BCUT2D eigenvalue weighted by molar-refractivity contribution is 0.409. The summed E-state index contributed by atoms with van der Waals surface area (Å²) in [4.78, 5) is 0. The molecule has 0 bridgehead atoms. The third kappa shape index (κ3) is 1.75. The van der Waals surface area contributed by atoms with Crippen LogP contribution in [-0.4, -0.2) is 18.6 Å². The van der Waals surface area contributed by atoms with Crippen LogP contribution in [0.3, 0.4) is 0 Å². The standard InChI is InChI=1S/C11H14OS2/c1-11(13-7-8-14-11)9-5-3-4-6-10(9)12-2/h3-6H,7-8H2,1-2H3. The Labute approximate surface area is 93.6 Å². The zero-order valence-electron chi connectivity index (χ0n) is 8.45. The lowest BCUT2D eigenvalue weighted by Crippen LogP contribution is -2.10. The summed E-state index contributed by atoms with van der Waals surface area (Å²) < 4.78 is 5.58. The van der Waals surface area contributed by atoms with Crippen LogP contribution in [-0.2, 0) is 4.08 Å². The van der Waals surface area contributed by atoms with Crippen molar-refractivity contribution in [3.05, 3.63) is 29.8 Å². The van der Waals surface area contributed by atoms with Crippen LogP contribution in [0.2, 0.25) is 0 Å². The molecule has 0 amide bonds. The molecule has 0 unspecified atom stereocenters. The summed E-state index contributed by atoms with van der Waals surface area (Å²) in [6.07, 6.45) is 0. The first-order valence-corrected chi connectivity index (χ1v) is 6.65. The molecule has 1 saturated heterocycles. The number of hydrogen-bond acceptors (Lipinski definition) is 3. The van der Waals surface area contributed by atoms with Crippen molar-refractivity contribution in [2.45, 2.75) is 11.0 Å². The van der Waals surface area contributed by atoms with Crippen molar-refractivity contribution in [2.75, 3.05) is 18.6 Å². The van der Waals surface area contributed by atoms with Crippen molar-refractivity contribution >= 4 is 23.5 Å². The lowest BCUT2D eigenvalue weighted by Gasteiger charge is -2.24. The number of rotatable bonds is 2. The summed E-state index contributed by atoms with van der Waals surface area (Å²) in [7, 11) is 1.74. The molecule has 0 spiro atoms. The van der Waals surface area contributed by atoms with Gasteiger partial charge in [0.1, 0.15) is 5.75 Å². The van der Waals surface area contributed by atoms with Crippen LogP contribution < -0.4 is 4.74 Å². The van der Waals surface area contributed by atoms with Gasteiger partial charge in [0, 0.05) is 17.1 Å². The second-order valence-electron chi connectivity index (χ2n) is 3.34. The highest BCUT2D eigenvalue weighted by Gasteiger charge is 2.34. The van der Waals surface area contributed by atoms with E-state index in [0.717, 1.165) is 5.75 Å². The Morgan fingerprint density at radius 3 is 2.50 bits per heavy atom. The highest BCUT2D eigenvalue weighted by Crippen LogP contribution is 2.53. The number of benzene rings is 1. The topological polar surface area (TPSA) is 9.23 Å². The zero-order chi connectivity index (χ0) is 10.0. The van der Waals surface area contributed by atoms with Crippen molar-refractivity contribution in [1.82, 2.24) is 0 Å². The number of hydrogen-bond donors (Lipinski definition) is 0. The Bertz CT molecular complexity index is 319. The van der Waals surface area contributed by atoms with E-state index in [2.05, 4.69) is 19.1 Å². The number of thioether (sulfide) groups is 2. The van der Waals surface area contributed by atoms with Gasteiger partial charge in [-0.05, 0) is 13.0 Å². The first-order valence-electron chi connectivity index (χ1n) is 4.68. The molecule has 1 aromatic carbocycles. The van der Waals surface area contributed by atoms with E-state index in [1.165, 1.54) is 17.1 Å². The van der Waals surface area contributed by atoms with Crippen molar-refractivity contribution < 1.29 is 4.74 Å². The van der Waals surface area contributed by atoms with Gasteiger partial charge < -0.3 is 4.74 Å². The van der Waals surface area contributed by atoms with Crippen molar-refractivity contribution in [3.63, 3.8) is 0 Å². The molecule has 0 N–H and O–H groups in total. The monoisotopic (exact) mass is 226 g/mol. The maximum Gasteiger partial charge on any atom is 0.124 e. The minimum absolute atomic E-state index is 0.187. The molecule has 76 valence electrons. The smallest absolute Gasteiger partial charge is 0.124 e. The van der Waals surface area contributed by atoms with E-state index in [0.29, 0.717) is 0 Å². The quantitative estimate of drug-likeness (QED) is 0.765. The largest absolute Gasteiger partial charge is 0.496 e. The minimum Gasteiger partial charge on any atom is -0.496 e. The van der Waals surface area contributed by atoms with E-state index < -0.39 is 0 Å². The van der Waals surface area contributed by atoms with Gasteiger partial charge in [0.05, 0.1) is 11.2 Å². The fourth-order valence-electron chi connectivity index (χ4n) is 1.69. The maximum atomic E-state index is 5.40. The molecule has 1 aliphatic rings. The fraction of sp³-hybridized carbons (Fsp3) is 0.455. The molecule has 0 radical (unpaired) electrons. The predicted molar refractivity (Wildman–Crippen MR) is 65.3 cm³/mol. The Morgan fingerprint density at radius 1 is 1.21 bits per heavy atom. The van der Waals surface area contributed by atoms with Gasteiger partial charge in [-0.3, -0.25) is 0 Å². The fourth-order valence-corrected chi connectivity index (χ4v) is 4.62. The Kier molecular flexibility index (Phi) is 2.98. The second-order valence-corrected chi connectivity index (χ2v) is 6.63. The van der Waals surface area contributed by atoms with Gasteiger partial charge in [0.2, 0.25) is 0 Å². The van der Waals surface area contributed by atoms with Crippen molar-refractivity contribution in [1.29, 1.82) is 0 Å². The molecule has 1 aromatic rings. The summed E-state index contributed by atoms with van der Waals surface area (Å²) in [5.74, 6) is 3.48. The van der Waals surface area contributed by atoms with Crippen LogP contribution in [0.1, 0.15) is 12.5 Å². The summed E-state index contributed by atoms with van der Waals surface area (Å²) in [5.41, 5.74) is 1.31. The van der Waals surface area contributed by atoms with Gasteiger partial charge in [0.25, 0.3) is 0 Å². The van der Waals surface area contributed by atoms with E-state index in [1.54, 1.807) is 7.11 Å². The molecular weight excluding hydrogens is 212 g/mol. The third-order valence-electron chi connectivity index (χ3n) is 2.43. The third-order valence-corrected chi connectivity index (χ3v) is 5.76. The average Bonchev–Trinajstić information content (AvgIpc) is 2.66. The normalized spacial score (nSPS) is 19.6. The van der Waals surface area contributed by atoms with Crippen LogP contribution in [0.15, 0.2) is 24.3 Å². The average molecular weight is 226 g/mol. The van der Waals surface area contributed by atoms with Crippen LogP contribution in [0.5, 0.6) is 5.75 Å². The summed E-state index contributed by atoms with van der Waals surface area (Å²) in [6.45, 7) is 2.28. The molecule has 0 atom stereocenters. The van der Waals surface area contributed by atoms with Gasteiger partial charge in [-0.25, -0.2) is 0 Å². The Morgan fingerprint density at radius 2 is 1.86 bits per heavy atom. The number of methoxy groups -OCH3 is 1. The van der Waals surface area contributed by atoms with Crippen LogP contribution in [0.25, 0.3) is 0 Å². The molecule has 1 nitrogen and oxygen atoms in total. The van der Waals surface area contributed by atoms with Gasteiger partial charge in [-0.15, -0.1) is 23.5 Å². The zero-order valence-corrected chi connectivity index (χ0v) is 10.1. The summed E-state index contributed by atoms with van der Waals surface area (Å²) in [5, 5.41) is 0. The van der Waals surface area contributed by atoms with Gasteiger partial charge in [-0.2, -0.15) is 0 Å². The number of ether oxygens (including phenoxy) is 1.